The molecule has 1 aromatic heterocycles. The van der Waals surface area contributed by atoms with Gasteiger partial charge in [-0.2, -0.15) is 0 Å². The number of rotatable bonds is 6. The van der Waals surface area contributed by atoms with E-state index in [0.717, 1.165) is 17.2 Å². The van der Waals surface area contributed by atoms with E-state index in [1.807, 2.05) is 20.0 Å². The van der Waals surface area contributed by atoms with Gasteiger partial charge in [0.15, 0.2) is 0 Å². The van der Waals surface area contributed by atoms with Crippen molar-refractivity contribution in [3.05, 3.63) is 17.5 Å². The molecule has 0 aliphatic heterocycles. The Balaban J connectivity index is 2.06. The molecule has 1 aromatic rings. The molecular weight excluding hydrogens is 292 g/mol. The number of hydrogen-bond donors (Lipinski definition) is 1. The largest absolute Gasteiger partial charge is 0.375 e. The fraction of sp³-hybridized carbons (Fsp3) is 0.706. The molecule has 0 saturated heterocycles. The van der Waals surface area contributed by atoms with Crippen LogP contribution in [0, 0.1) is 6.92 Å². The van der Waals surface area contributed by atoms with Gasteiger partial charge in [-0.1, -0.05) is 19.3 Å². The molecule has 1 fully saturated rings. The van der Waals surface area contributed by atoms with Crippen molar-refractivity contribution in [2.24, 2.45) is 0 Å². The Morgan fingerprint density at radius 2 is 2.13 bits per heavy atom. The Morgan fingerprint density at radius 3 is 2.74 bits per heavy atom. The molecular formula is C17H28N4O2. The Hall–Kier alpha value is -1.69. The number of amides is 1. The van der Waals surface area contributed by atoms with Gasteiger partial charge in [0.2, 0.25) is 11.9 Å². The van der Waals surface area contributed by atoms with Gasteiger partial charge in [0, 0.05) is 37.7 Å². The summed E-state index contributed by atoms with van der Waals surface area (Å²) in [7, 11) is 3.59. The van der Waals surface area contributed by atoms with Crippen molar-refractivity contribution in [1.82, 2.24) is 15.3 Å². The predicted molar refractivity (Wildman–Crippen MR) is 90.5 cm³/mol. The number of aryl methyl sites for hydroxylation is 1. The molecule has 0 spiro atoms. The zero-order valence-corrected chi connectivity index (χ0v) is 14.6. The minimum atomic E-state index is -0.136. The van der Waals surface area contributed by atoms with E-state index < -0.39 is 0 Å². The van der Waals surface area contributed by atoms with Crippen molar-refractivity contribution in [2.75, 3.05) is 25.7 Å². The standard InChI is InChI=1S/C17H28N4O2/c1-12(19-16(22)11-23-4)15-10-18-17(20-13(15)2)21(3)14-8-6-5-7-9-14/h10,12,14H,5-9,11H2,1-4H3,(H,19,22). The third kappa shape index (κ3) is 4.64. The third-order valence-corrected chi connectivity index (χ3v) is 4.56. The summed E-state index contributed by atoms with van der Waals surface area (Å²) in [6.45, 7) is 3.96. The van der Waals surface area contributed by atoms with Crippen LogP contribution in [0.15, 0.2) is 6.20 Å². The number of aromatic nitrogens is 2. The average Bonchev–Trinajstić information content (AvgIpc) is 2.54. The van der Waals surface area contributed by atoms with Crippen LogP contribution in [0.4, 0.5) is 5.95 Å². The molecule has 1 heterocycles. The van der Waals surface area contributed by atoms with E-state index in [4.69, 9.17) is 4.74 Å². The molecule has 23 heavy (non-hydrogen) atoms. The number of carbonyl (C=O) groups is 1. The van der Waals surface area contributed by atoms with E-state index in [-0.39, 0.29) is 18.6 Å². The summed E-state index contributed by atoms with van der Waals surface area (Å²) in [5.74, 6) is 0.636. The lowest BCUT2D eigenvalue weighted by Crippen LogP contribution is -2.35. The van der Waals surface area contributed by atoms with Gasteiger partial charge >= 0.3 is 0 Å². The third-order valence-electron chi connectivity index (χ3n) is 4.56. The van der Waals surface area contributed by atoms with Gasteiger partial charge in [-0.15, -0.1) is 0 Å². The maximum Gasteiger partial charge on any atom is 0.246 e. The molecule has 1 atom stereocenters. The van der Waals surface area contributed by atoms with E-state index in [0.29, 0.717) is 6.04 Å². The predicted octanol–water partition coefficient (Wildman–Crippen LogP) is 2.38. The number of anilines is 1. The maximum atomic E-state index is 11.6. The minimum Gasteiger partial charge on any atom is -0.375 e. The van der Waals surface area contributed by atoms with Crippen LogP contribution in [-0.2, 0) is 9.53 Å². The van der Waals surface area contributed by atoms with Crippen LogP contribution in [-0.4, -0.2) is 42.7 Å². The Morgan fingerprint density at radius 1 is 1.43 bits per heavy atom. The number of ether oxygens (including phenoxy) is 1. The summed E-state index contributed by atoms with van der Waals surface area (Å²) in [5, 5.41) is 2.89. The average molecular weight is 320 g/mol. The first-order valence-corrected chi connectivity index (χ1v) is 8.37. The van der Waals surface area contributed by atoms with Gasteiger partial charge in [-0.25, -0.2) is 9.97 Å². The second-order valence-electron chi connectivity index (χ2n) is 6.34. The first-order chi connectivity index (χ1) is 11.0. The zero-order valence-electron chi connectivity index (χ0n) is 14.6. The normalized spacial score (nSPS) is 16.9. The van der Waals surface area contributed by atoms with Crippen molar-refractivity contribution in [1.29, 1.82) is 0 Å². The number of nitrogens with zero attached hydrogens (tertiary/aromatic N) is 3. The lowest BCUT2D eigenvalue weighted by atomic mass is 9.95. The van der Waals surface area contributed by atoms with Crippen LogP contribution in [0.5, 0.6) is 0 Å². The number of nitrogens with one attached hydrogen (secondary N) is 1. The van der Waals surface area contributed by atoms with Crippen LogP contribution in [0.3, 0.4) is 0 Å². The van der Waals surface area contributed by atoms with Crippen molar-refractivity contribution in [2.45, 2.75) is 58.0 Å². The summed E-state index contributed by atoms with van der Waals surface area (Å²) >= 11 is 0. The first-order valence-electron chi connectivity index (χ1n) is 8.37. The van der Waals surface area contributed by atoms with Gasteiger partial charge in [-0.3, -0.25) is 4.79 Å². The van der Waals surface area contributed by atoms with Gasteiger partial charge in [-0.05, 0) is 26.7 Å². The van der Waals surface area contributed by atoms with Crippen LogP contribution >= 0.6 is 0 Å². The molecule has 1 unspecified atom stereocenters. The van der Waals surface area contributed by atoms with Crippen LogP contribution in [0.1, 0.15) is 56.3 Å². The fourth-order valence-corrected chi connectivity index (χ4v) is 3.18. The molecule has 0 aromatic carbocycles. The highest BCUT2D eigenvalue weighted by molar-refractivity contribution is 5.77. The Kier molecular flexibility index (Phi) is 6.33. The molecule has 2 rings (SSSR count). The summed E-state index contributed by atoms with van der Waals surface area (Å²) in [4.78, 5) is 23.0. The quantitative estimate of drug-likeness (QED) is 0.871. The van der Waals surface area contributed by atoms with E-state index in [9.17, 15) is 4.79 Å². The van der Waals surface area contributed by atoms with Crippen molar-refractivity contribution in [3.8, 4) is 0 Å². The first kappa shape index (κ1) is 17.7. The Bertz CT molecular complexity index is 529. The van der Waals surface area contributed by atoms with Gasteiger partial charge in [0.05, 0.1) is 6.04 Å². The van der Waals surface area contributed by atoms with Crippen LogP contribution in [0.25, 0.3) is 0 Å². The second-order valence-corrected chi connectivity index (χ2v) is 6.34. The van der Waals surface area contributed by atoms with Crippen LogP contribution in [0.2, 0.25) is 0 Å². The highest BCUT2D eigenvalue weighted by Crippen LogP contribution is 2.25. The summed E-state index contributed by atoms with van der Waals surface area (Å²) in [5.41, 5.74) is 1.85. The highest BCUT2D eigenvalue weighted by atomic mass is 16.5. The van der Waals surface area contributed by atoms with Crippen molar-refractivity contribution < 1.29 is 9.53 Å². The van der Waals surface area contributed by atoms with Crippen molar-refractivity contribution in [3.63, 3.8) is 0 Å². The molecule has 0 bridgehead atoms. The maximum absolute atomic E-state index is 11.6. The molecule has 6 nitrogen and oxygen atoms in total. The number of methoxy groups -OCH3 is 1. The van der Waals surface area contributed by atoms with E-state index in [1.165, 1.54) is 39.2 Å². The Labute approximate surface area is 138 Å². The summed E-state index contributed by atoms with van der Waals surface area (Å²) < 4.78 is 4.84. The van der Waals surface area contributed by atoms with Crippen LogP contribution < -0.4 is 10.2 Å². The number of carbonyl (C=O) groups excluding carboxylic acids is 1. The van der Waals surface area contributed by atoms with Gasteiger partial charge in [0.1, 0.15) is 6.61 Å². The smallest absolute Gasteiger partial charge is 0.246 e. The minimum absolute atomic E-state index is 0.0622. The van der Waals surface area contributed by atoms with Gasteiger partial charge < -0.3 is 15.0 Å². The fourth-order valence-electron chi connectivity index (χ4n) is 3.18. The molecule has 0 radical (unpaired) electrons. The molecule has 1 N–H and O–H groups in total. The van der Waals surface area contributed by atoms with E-state index in [2.05, 4.69) is 27.2 Å². The lowest BCUT2D eigenvalue weighted by Gasteiger charge is -2.31. The zero-order chi connectivity index (χ0) is 16.8. The lowest BCUT2D eigenvalue weighted by molar-refractivity contribution is -0.125. The van der Waals surface area contributed by atoms with E-state index in [1.54, 1.807) is 0 Å². The van der Waals surface area contributed by atoms with E-state index >= 15 is 0 Å². The molecule has 1 aliphatic rings. The van der Waals surface area contributed by atoms with Gasteiger partial charge in [0.25, 0.3) is 0 Å². The molecule has 1 saturated carbocycles. The second kappa shape index (κ2) is 8.24. The molecule has 1 aliphatic carbocycles. The SMILES string of the molecule is COCC(=O)NC(C)c1cnc(N(C)C2CCCCC2)nc1C. The summed E-state index contributed by atoms with van der Waals surface area (Å²) in [6, 6.07) is 0.402. The molecule has 1 amide bonds. The molecule has 128 valence electrons. The highest BCUT2D eigenvalue weighted by Gasteiger charge is 2.21. The molecule has 6 heteroatoms. The number of hydrogen-bond acceptors (Lipinski definition) is 5. The summed E-state index contributed by atoms with van der Waals surface area (Å²) in [6.07, 6.45) is 8.16. The monoisotopic (exact) mass is 320 g/mol. The topological polar surface area (TPSA) is 67.3 Å². The van der Waals surface area contributed by atoms with Crippen molar-refractivity contribution >= 4 is 11.9 Å².